The van der Waals surface area contributed by atoms with Gasteiger partial charge < -0.3 is 9.15 Å². The predicted molar refractivity (Wildman–Crippen MR) is 131 cm³/mol. The number of halogens is 4. The Morgan fingerprint density at radius 3 is 2.22 bits per heavy atom. The summed E-state index contributed by atoms with van der Waals surface area (Å²) in [6.45, 7) is 2.22. The van der Waals surface area contributed by atoms with Crippen LogP contribution in [0.2, 0.25) is 0 Å². The van der Waals surface area contributed by atoms with E-state index in [2.05, 4.69) is 11.9 Å². The van der Waals surface area contributed by atoms with Crippen molar-refractivity contribution in [2.75, 3.05) is 0 Å². The van der Waals surface area contributed by atoms with Crippen molar-refractivity contribution in [2.45, 2.75) is 77.2 Å². The zero-order valence-electron chi connectivity index (χ0n) is 20.6. The molecule has 3 nitrogen and oxygen atoms in total. The number of ether oxygens (including phenoxy) is 1. The van der Waals surface area contributed by atoms with Gasteiger partial charge >= 0.3 is 6.11 Å². The molecule has 1 aromatic heterocycles. The average Bonchev–Trinajstić information content (AvgIpc) is 3.32. The maximum atomic E-state index is 15.0. The Morgan fingerprint density at radius 2 is 1.56 bits per heavy atom. The van der Waals surface area contributed by atoms with Gasteiger partial charge in [0.25, 0.3) is 0 Å². The summed E-state index contributed by atoms with van der Waals surface area (Å²) in [6, 6.07) is 9.01. The Balaban J connectivity index is 1.22. The molecule has 0 aliphatic heterocycles. The van der Waals surface area contributed by atoms with Crippen LogP contribution in [0.5, 0.6) is 5.75 Å². The maximum Gasteiger partial charge on any atom is 0.400 e. The highest BCUT2D eigenvalue weighted by atomic mass is 19.3. The summed E-state index contributed by atoms with van der Waals surface area (Å²) in [5, 5.41) is 0. The van der Waals surface area contributed by atoms with E-state index < -0.39 is 29.4 Å². The first kappa shape index (κ1) is 25.1. The lowest BCUT2D eigenvalue weighted by Gasteiger charge is -2.39. The largest absolute Gasteiger partial charge is 0.436 e. The third-order valence-electron chi connectivity index (χ3n) is 8.32. The van der Waals surface area contributed by atoms with Gasteiger partial charge in [-0.05, 0) is 80.5 Å². The molecule has 194 valence electrons. The van der Waals surface area contributed by atoms with Crippen molar-refractivity contribution < 1.29 is 26.7 Å². The topological polar surface area (TPSA) is 35.3 Å². The number of hydrogen-bond donors (Lipinski definition) is 0. The molecule has 2 aliphatic rings. The van der Waals surface area contributed by atoms with Crippen LogP contribution in [-0.2, 0) is 0 Å². The van der Waals surface area contributed by atoms with E-state index in [0.717, 1.165) is 24.8 Å². The van der Waals surface area contributed by atoms with E-state index in [1.807, 2.05) is 0 Å². The first-order valence-corrected chi connectivity index (χ1v) is 13.3. The van der Waals surface area contributed by atoms with Gasteiger partial charge in [0.2, 0.25) is 11.7 Å². The smallest absolute Gasteiger partial charge is 0.400 e. The summed E-state index contributed by atoms with van der Waals surface area (Å²) in [5.41, 5.74) is 0.668. The van der Waals surface area contributed by atoms with Gasteiger partial charge in [0.15, 0.2) is 17.1 Å². The number of benzene rings is 2. The van der Waals surface area contributed by atoms with E-state index in [4.69, 9.17) is 9.15 Å². The molecule has 2 aromatic carbocycles. The number of alkyl halides is 2. The van der Waals surface area contributed by atoms with Crippen LogP contribution in [0.1, 0.15) is 71.1 Å². The molecule has 0 saturated heterocycles. The summed E-state index contributed by atoms with van der Waals surface area (Å²) >= 11 is 0. The van der Waals surface area contributed by atoms with E-state index in [-0.39, 0.29) is 11.5 Å². The van der Waals surface area contributed by atoms with Gasteiger partial charge in [-0.1, -0.05) is 44.7 Å². The van der Waals surface area contributed by atoms with Gasteiger partial charge in [-0.15, -0.1) is 0 Å². The van der Waals surface area contributed by atoms with E-state index in [0.29, 0.717) is 35.8 Å². The van der Waals surface area contributed by atoms with Gasteiger partial charge in [0.1, 0.15) is 5.52 Å². The molecule has 5 rings (SSSR count). The molecule has 0 bridgehead atoms. The van der Waals surface area contributed by atoms with E-state index in [1.54, 1.807) is 24.3 Å². The molecule has 0 unspecified atom stereocenters. The Bertz CT molecular complexity index is 1140. The first-order chi connectivity index (χ1) is 17.4. The van der Waals surface area contributed by atoms with Crippen LogP contribution in [0.3, 0.4) is 0 Å². The van der Waals surface area contributed by atoms with Gasteiger partial charge in [-0.2, -0.15) is 13.2 Å². The lowest BCUT2D eigenvalue weighted by atomic mass is 9.68. The number of para-hydroxylation sites is 2. The number of nitrogens with zero attached hydrogens (tertiary/aromatic N) is 1. The van der Waals surface area contributed by atoms with Gasteiger partial charge in [-0.25, -0.2) is 9.37 Å². The second-order valence-electron chi connectivity index (χ2n) is 10.6. The molecule has 0 spiro atoms. The zero-order chi connectivity index (χ0) is 25.3. The Labute approximate surface area is 209 Å². The molecule has 2 aliphatic carbocycles. The molecule has 0 atom stereocenters. The van der Waals surface area contributed by atoms with Crippen LogP contribution in [0.25, 0.3) is 22.6 Å². The molecular weight excluding hydrogens is 470 g/mol. The molecule has 0 radical (unpaired) electrons. The number of oxazole rings is 1. The van der Waals surface area contributed by atoms with Crippen molar-refractivity contribution in [1.82, 2.24) is 4.98 Å². The van der Waals surface area contributed by atoms with Gasteiger partial charge in [-0.3, -0.25) is 0 Å². The molecule has 2 fully saturated rings. The van der Waals surface area contributed by atoms with Gasteiger partial charge in [0, 0.05) is 0 Å². The summed E-state index contributed by atoms with van der Waals surface area (Å²) in [5.74, 6) is -2.79. The average molecular weight is 504 g/mol. The van der Waals surface area contributed by atoms with Crippen LogP contribution in [0.4, 0.5) is 17.6 Å². The van der Waals surface area contributed by atoms with Gasteiger partial charge in [0.05, 0.1) is 11.5 Å². The summed E-state index contributed by atoms with van der Waals surface area (Å²) in [7, 11) is 0. The van der Waals surface area contributed by atoms with Crippen molar-refractivity contribution in [3.8, 4) is 17.2 Å². The molecule has 0 N–H and O–H groups in total. The molecule has 36 heavy (non-hydrogen) atoms. The summed E-state index contributed by atoms with van der Waals surface area (Å²) < 4.78 is 70.0. The van der Waals surface area contributed by atoms with Crippen molar-refractivity contribution >= 4 is 11.1 Å². The highest BCUT2D eigenvalue weighted by molar-refractivity contribution is 5.76. The second kappa shape index (κ2) is 10.4. The molecule has 7 heteroatoms. The fraction of sp³-hybridized carbons (Fsp3) is 0.552. The monoisotopic (exact) mass is 503 g/mol. The van der Waals surface area contributed by atoms with Crippen molar-refractivity contribution in [3.63, 3.8) is 0 Å². The van der Waals surface area contributed by atoms with Crippen LogP contribution in [-0.4, -0.2) is 11.1 Å². The Morgan fingerprint density at radius 1 is 0.889 bits per heavy atom. The predicted octanol–water partition coefficient (Wildman–Crippen LogP) is 9.16. The minimum Gasteiger partial charge on any atom is -0.436 e. The number of fused-ring (bicyclic) bond motifs is 1. The van der Waals surface area contributed by atoms with Crippen LogP contribution in [0, 0.1) is 35.3 Å². The van der Waals surface area contributed by atoms with Crippen LogP contribution < -0.4 is 4.74 Å². The summed E-state index contributed by atoms with van der Waals surface area (Å²) in [4.78, 5) is 4.16. The molecule has 2 saturated carbocycles. The zero-order valence-corrected chi connectivity index (χ0v) is 20.6. The highest BCUT2D eigenvalue weighted by Gasteiger charge is 2.45. The Hall–Kier alpha value is -2.57. The van der Waals surface area contributed by atoms with E-state index in [1.165, 1.54) is 44.6 Å². The van der Waals surface area contributed by atoms with Crippen LogP contribution >= 0.6 is 0 Å². The summed E-state index contributed by atoms with van der Waals surface area (Å²) in [6.07, 6.45) is 5.97. The Kier molecular flexibility index (Phi) is 7.27. The number of rotatable bonds is 7. The second-order valence-corrected chi connectivity index (χ2v) is 10.6. The maximum absolute atomic E-state index is 15.0. The third kappa shape index (κ3) is 5.12. The van der Waals surface area contributed by atoms with Crippen LogP contribution in [0.15, 0.2) is 40.8 Å². The highest BCUT2D eigenvalue weighted by Crippen LogP contribution is 2.46. The molecular formula is C29H33F4NO2. The molecule has 3 aromatic rings. The SMILES string of the molecule is CCCC1CCC(C2CCC(C(F)(F)Oc3ccc(-c4nc5ccccc5o4)c(F)c3F)CC2)CC1. The molecule has 1 heterocycles. The number of hydrogen-bond acceptors (Lipinski definition) is 3. The van der Waals surface area contributed by atoms with Crippen molar-refractivity contribution in [1.29, 1.82) is 0 Å². The minimum atomic E-state index is -3.57. The van der Waals surface area contributed by atoms with Crippen molar-refractivity contribution in [2.24, 2.45) is 23.7 Å². The van der Waals surface area contributed by atoms with Crippen molar-refractivity contribution in [3.05, 3.63) is 48.0 Å². The fourth-order valence-electron chi connectivity index (χ4n) is 6.28. The van der Waals surface area contributed by atoms with E-state index >= 15 is 8.78 Å². The quantitative estimate of drug-likeness (QED) is 0.302. The lowest BCUT2D eigenvalue weighted by Crippen LogP contribution is -2.38. The first-order valence-electron chi connectivity index (χ1n) is 13.3. The minimum absolute atomic E-state index is 0.118. The van der Waals surface area contributed by atoms with E-state index in [9.17, 15) is 8.78 Å². The standard InChI is InChI=1S/C29H33F4NO2/c1-2-5-18-8-10-19(11-9-18)20-12-14-21(15-13-20)29(32,33)36-25-17-16-22(26(30)27(25)31)28-34-23-6-3-4-7-24(23)35-28/h3-4,6-7,16-21H,2,5,8-15H2,1H3. The third-order valence-corrected chi connectivity index (χ3v) is 8.32. The number of aromatic nitrogens is 1. The normalized spacial score (nSPS) is 25.2. The fourth-order valence-corrected chi connectivity index (χ4v) is 6.28. The molecule has 0 amide bonds. The lowest BCUT2D eigenvalue weighted by molar-refractivity contribution is -0.225.